The molecule has 252 valence electrons. The summed E-state index contributed by atoms with van der Waals surface area (Å²) in [6.07, 6.45) is -0.485. The average molecular weight is 677 g/mol. The number of pyridine rings is 1. The van der Waals surface area contributed by atoms with Crippen LogP contribution < -0.4 is 10.6 Å². The second-order valence-electron chi connectivity index (χ2n) is 11.5. The zero-order chi connectivity index (χ0) is 33.9. The average Bonchev–Trinajstić information content (AvgIpc) is 3.32. The molecule has 2 aliphatic rings. The van der Waals surface area contributed by atoms with Gasteiger partial charge in [0.2, 0.25) is 5.95 Å². The number of rotatable bonds is 12. The van der Waals surface area contributed by atoms with E-state index >= 15 is 0 Å². The molecule has 0 unspecified atom stereocenters. The third kappa shape index (κ3) is 7.74. The number of benzene rings is 1. The molecule has 0 saturated heterocycles. The fraction of sp³-hybridized carbons (Fsp3) is 0.452. The molecule has 16 heteroatoms. The summed E-state index contributed by atoms with van der Waals surface area (Å²) in [6, 6.07) is 6.55. The number of nitrogens with zero attached hydrogens (tertiary/aromatic N) is 4. The summed E-state index contributed by atoms with van der Waals surface area (Å²) in [7, 11) is -1.77. The van der Waals surface area contributed by atoms with Gasteiger partial charge < -0.3 is 29.7 Å². The molecular weight excluding hydrogens is 640 g/mol. The maximum absolute atomic E-state index is 14.0. The Hall–Kier alpha value is -4.07. The number of hydrogen-bond donors (Lipinski definition) is 3. The molecule has 1 amide bonds. The number of amides is 1. The van der Waals surface area contributed by atoms with E-state index in [1.165, 1.54) is 18.3 Å². The van der Waals surface area contributed by atoms with Crippen molar-refractivity contribution in [2.24, 2.45) is 5.92 Å². The van der Waals surface area contributed by atoms with Gasteiger partial charge in [-0.05, 0) is 74.8 Å². The third-order valence-corrected chi connectivity index (χ3v) is 10.3. The molecule has 1 aromatic carbocycles. The van der Waals surface area contributed by atoms with Crippen LogP contribution in [0.15, 0.2) is 36.7 Å². The Bertz CT molecular complexity index is 1670. The lowest BCUT2D eigenvalue weighted by Crippen LogP contribution is -2.21. The van der Waals surface area contributed by atoms with E-state index in [0.717, 1.165) is 11.1 Å². The van der Waals surface area contributed by atoms with Crippen LogP contribution in [-0.4, -0.2) is 57.1 Å². The van der Waals surface area contributed by atoms with Crippen molar-refractivity contribution in [3.63, 3.8) is 0 Å². The molecule has 0 radical (unpaired) electrons. The van der Waals surface area contributed by atoms with E-state index in [1.54, 1.807) is 31.9 Å². The van der Waals surface area contributed by atoms with Crippen molar-refractivity contribution in [2.75, 3.05) is 30.9 Å². The first-order valence-corrected chi connectivity index (χ1v) is 17.0. The van der Waals surface area contributed by atoms with Crippen LogP contribution in [0.4, 0.5) is 36.3 Å². The van der Waals surface area contributed by atoms with Crippen molar-refractivity contribution in [3.8, 4) is 0 Å². The van der Waals surface area contributed by atoms with Gasteiger partial charge in [-0.15, -0.1) is 0 Å². The van der Waals surface area contributed by atoms with E-state index in [-0.39, 0.29) is 48.8 Å². The number of carboxylic acid groups (broad SMARTS) is 1. The highest BCUT2D eigenvalue weighted by Gasteiger charge is 2.37. The molecule has 1 saturated carbocycles. The highest BCUT2D eigenvalue weighted by molar-refractivity contribution is 7.53. The predicted molar refractivity (Wildman–Crippen MR) is 167 cm³/mol. The second kappa shape index (κ2) is 14.0. The van der Waals surface area contributed by atoms with E-state index in [0.29, 0.717) is 55.4 Å². The smallest absolute Gasteiger partial charge is 0.421 e. The first-order chi connectivity index (χ1) is 22.3. The van der Waals surface area contributed by atoms with Gasteiger partial charge in [-0.1, -0.05) is 6.07 Å². The molecule has 0 atom stereocenters. The Kier molecular flexibility index (Phi) is 10.2. The van der Waals surface area contributed by atoms with Crippen LogP contribution >= 0.6 is 7.60 Å². The summed E-state index contributed by atoms with van der Waals surface area (Å²) in [5.74, 6) is -2.04. The quantitative estimate of drug-likeness (QED) is 0.168. The Morgan fingerprint density at radius 1 is 1.04 bits per heavy atom. The highest BCUT2D eigenvalue weighted by Crippen LogP contribution is 2.51. The molecule has 3 aromatic rings. The van der Waals surface area contributed by atoms with Crippen molar-refractivity contribution >= 4 is 42.6 Å². The van der Waals surface area contributed by atoms with Crippen LogP contribution in [0.1, 0.15) is 78.2 Å². The number of hydrogen-bond acceptors (Lipinski definition) is 10. The number of halogens is 3. The van der Waals surface area contributed by atoms with E-state index < -0.39 is 31.1 Å². The predicted octanol–water partition coefficient (Wildman–Crippen LogP) is 7.09. The SMILES string of the molecule is CCOP(=O)(Cc1ccc(Nc2nc(Nc3ccc(C4CCC(C(=O)O)CC4)c4c3C(=O)N(C)C4)ncc2C(F)(F)F)cn1)OCC. The Labute approximate surface area is 269 Å². The topological polar surface area (TPSA) is 156 Å². The summed E-state index contributed by atoms with van der Waals surface area (Å²) in [5.41, 5.74) is 1.95. The lowest BCUT2D eigenvalue weighted by Gasteiger charge is -2.28. The van der Waals surface area contributed by atoms with E-state index in [1.807, 2.05) is 6.07 Å². The van der Waals surface area contributed by atoms with Crippen LogP contribution in [0.25, 0.3) is 0 Å². The lowest BCUT2D eigenvalue weighted by atomic mass is 9.77. The van der Waals surface area contributed by atoms with Crippen LogP contribution in [0.2, 0.25) is 0 Å². The number of aromatic nitrogens is 3. The van der Waals surface area contributed by atoms with Crippen molar-refractivity contribution in [1.82, 2.24) is 19.9 Å². The molecule has 3 heterocycles. The molecule has 1 fully saturated rings. The largest absolute Gasteiger partial charge is 0.481 e. The molecule has 1 aliphatic heterocycles. The standard InChI is InChI=1S/C31H36F3N6O6P/c1-4-45-47(44,46-5-2)17-21-11-10-20(14-35-21)37-27-24(31(32,33)34)15-36-30(39-27)38-25-13-12-22(23-16-40(3)28(41)26(23)25)18-6-8-19(9-7-18)29(42)43/h10-15,18-19H,4-9,16-17H2,1-3H3,(H,42,43)(H2,36,37,38,39). The molecule has 2 aromatic heterocycles. The van der Waals surface area contributed by atoms with Crippen molar-refractivity contribution in [1.29, 1.82) is 0 Å². The molecule has 3 N–H and O–H groups in total. The zero-order valence-corrected chi connectivity index (χ0v) is 27.0. The summed E-state index contributed by atoms with van der Waals surface area (Å²) < 4.78 is 65.3. The van der Waals surface area contributed by atoms with E-state index in [9.17, 15) is 32.4 Å². The Morgan fingerprint density at radius 3 is 2.34 bits per heavy atom. The second-order valence-corrected chi connectivity index (χ2v) is 13.5. The van der Waals surface area contributed by atoms with E-state index in [4.69, 9.17) is 9.05 Å². The van der Waals surface area contributed by atoms with Crippen LogP contribution in [0.5, 0.6) is 0 Å². The number of alkyl halides is 3. The molecule has 0 spiro atoms. The van der Waals surface area contributed by atoms with Crippen LogP contribution in [0.3, 0.4) is 0 Å². The number of carboxylic acids is 1. The monoisotopic (exact) mass is 676 g/mol. The van der Waals surface area contributed by atoms with Gasteiger partial charge in [0.25, 0.3) is 5.91 Å². The normalized spacial score (nSPS) is 18.3. The molecule has 1 aliphatic carbocycles. The minimum atomic E-state index is -4.78. The minimum Gasteiger partial charge on any atom is -0.481 e. The number of carbonyl (C=O) groups is 2. The molecule has 0 bridgehead atoms. The highest BCUT2D eigenvalue weighted by atomic mass is 31.2. The summed E-state index contributed by atoms with van der Waals surface area (Å²) in [6.45, 7) is 4.07. The summed E-state index contributed by atoms with van der Waals surface area (Å²) >= 11 is 0. The molecule has 12 nitrogen and oxygen atoms in total. The number of aliphatic carboxylic acids is 1. The van der Waals surface area contributed by atoms with Gasteiger partial charge in [0.15, 0.2) is 0 Å². The Balaban J connectivity index is 1.40. The number of nitrogens with one attached hydrogen (secondary N) is 2. The maximum Gasteiger partial charge on any atom is 0.421 e. The number of carbonyl (C=O) groups excluding carboxylic acids is 1. The van der Waals surface area contributed by atoms with Gasteiger partial charge in [0.1, 0.15) is 11.4 Å². The maximum atomic E-state index is 14.0. The molecule has 5 rings (SSSR count). The number of fused-ring (bicyclic) bond motifs is 1. The zero-order valence-electron chi connectivity index (χ0n) is 26.1. The first-order valence-electron chi connectivity index (χ1n) is 15.3. The number of anilines is 4. The van der Waals surface area contributed by atoms with Crippen molar-refractivity contribution < 1.29 is 41.5 Å². The summed E-state index contributed by atoms with van der Waals surface area (Å²) in [5, 5.41) is 15.0. The Morgan fingerprint density at radius 2 is 1.74 bits per heavy atom. The van der Waals surface area contributed by atoms with Crippen molar-refractivity contribution in [3.05, 3.63) is 64.6 Å². The van der Waals surface area contributed by atoms with Gasteiger partial charge in [0.05, 0.1) is 54.1 Å². The van der Waals surface area contributed by atoms with Gasteiger partial charge >= 0.3 is 19.7 Å². The fourth-order valence-electron chi connectivity index (χ4n) is 6.03. The van der Waals surface area contributed by atoms with E-state index in [2.05, 4.69) is 25.6 Å². The molecular formula is C31H36F3N6O6P. The van der Waals surface area contributed by atoms with Crippen molar-refractivity contribution in [2.45, 2.75) is 64.3 Å². The lowest BCUT2D eigenvalue weighted by molar-refractivity contribution is -0.143. The van der Waals surface area contributed by atoms with Gasteiger partial charge in [-0.3, -0.25) is 19.1 Å². The fourth-order valence-corrected chi connectivity index (χ4v) is 7.66. The van der Waals surface area contributed by atoms with Crippen LogP contribution in [-0.2, 0) is 37.3 Å². The first kappa shape index (κ1) is 34.3. The van der Waals surface area contributed by atoms with Crippen LogP contribution in [0, 0.1) is 5.92 Å². The minimum absolute atomic E-state index is 0.0936. The van der Waals surface area contributed by atoms with Gasteiger partial charge in [0, 0.05) is 19.8 Å². The van der Waals surface area contributed by atoms with Gasteiger partial charge in [-0.2, -0.15) is 18.2 Å². The third-order valence-electron chi connectivity index (χ3n) is 8.26. The summed E-state index contributed by atoms with van der Waals surface area (Å²) in [4.78, 5) is 38.5. The van der Waals surface area contributed by atoms with Gasteiger partial charge in [-0.25, -0.2) is 4.98 Å². The molecule has 47 heavy (non-hydrogen) atoms.